The zero-order valence-electron chi connectivity index (χ0n) is 12.1. The number of aromatic nitrogens is 2. The SMILES string of the molecule is O=C(O)CC(Cc1nc2cc(Cl)c(Cl)cc2[nH]1)c1ccccc1. The third-order valence-corrected chi connectivity index (χ3v) is 4.43. The van der Waals surface area contributed by atoms with Crippen molar-refractivity contribution in [3.05, 3.63) is 63.9 Å². The number of aliphatic carboxylic acids is 1. The van der Waals surface area contributed by atoms with Crippen molar-refractivity contribution in [2.75, 3.05) is 0 Å². The van der Waals surface area contributed by atoms with E-state index in [4.69, 9.17) is 23.2 Å². The summed E-state index contributed by atoms with van der Waals surface area (Å²) in [7, 11) is 0. The number of fused-ring (bicyclic) bond motifs is 1. The second-order valence-corrected chi connectivity index (χ2v) is 6.19. The molecule has 0 fully saturated rings. The van der Waals surface area contributed by atoms with E-state index in [2.05, 4.69) is 9.97 Å². The smallest absolute Gasteiger partial charge is 0.303 e. The van der Waals surface area contributed by atoms with Gasteiger partial charge in [0, 0.05) is 12.3 Å². The maximum absolute atomic E-state index is 11.2. The molecule has 118 valence electrons. The molecule has 1 aromatic heterocycles. The highest BCUT2D eigenvalue weighted by Gasteiger charge is 2.18. The fourth-order valence-corrected chi connectivity index (χ4v) is 2.95. The van der Waals surface area contributed by atoms with Crippen LogP contribution in [-0.4, -0.2) is 21.0 Å². The summed E-state index contributed by atoms with van der Waals surface area (Å²) >= 11 is 12.0. The minimum absolute atomic E-state index is 0.0442. The first-order valence-corrected chi connectivity index (χ1v) is 7.89. The van der Waals surface area contributed by atoms with Crippen molar-refractivity contribution in [3.63, 3.8) is 0 Å². The highest BCUT2D eigenvalue weighted by atomic mass is 35.5. The van der Waals surface area contributed by atoms with Gasteiger partial charge in [-0.05, 0) is 17.7 Å². The normalized spacial score (nSPS) is 12.4. The van der Waals surface area contributed by atoms with Gasteiger partial charge in [0.25, 0.3) is 0 Å². The van der Waals surface area contributed by atoms with Crippen LogP contribution in [0.5, 0.6) is 0 Å². The van der Waals surface area contributed by atoms with Gasteiger partial charge >= 0.3 is 5.97 Å². The van der Waals surface area contributed by atoms with Crippen molar-refractivity contribution >= 4 is 40.2 Å². The number of H-pyrrole nitrogens is 1. The van der Waals surface area contributed by atoms with E-state index in [1.165, 1.54) is 0 Å². The summed E-state index contributed by atoms with van der Waals surface area (Å²) in [4.78, 5) is 18.9. The van der Waals surface area contributed by atoms with Crippen LogP contribution in [0.3, 0.4) is 0 Å². The summed E-state index contributed by atoms with van der Waals surface area (Å²) in [5, 5.41) is 10.1. The maximum atomic E-state index is 11.2. The Kier molecular flexibility index (Phi) is 4.55. The molecule has 3 aromatic rings. The van der Waals surface area contributed by atoms with Crippen LogP contribution >= 0.6 is 23.2 Å². The Morgan fingerprint density at radius 3 is 2.57 bits per heavy atom. The Balaban J connectivity index is 1.92. The number of carboxylic acids is 1. The van der Waals surface area contributed by atoms with E-state index in [1.54, 1.807) is 12.1 Å². The molecule has 0 aliphatic rings. The van der Waals surface area contributed by atoms with E-state index in [0.29, 0.717) is 22.3 Å². The van der Waals surface area contributed by atoms with Gasteiger partial charge in [0.05, 0.1) is 27.5 Å². The highest BCUT2D eigenvalue weighted by molar-refractivity contribution is 6.42. The van der Waals surface area contributed by atoms with Gasteiger partial charge in [0.2, 0.25) is 0 Å². The molecule has 3 rings (SSSR count). The van der Waals surface area contributed by atoms with Crippen molar-refractivity contribution in [1.82, 2.24) is 9.97 Å². The van der Waals surface area contributed by atoms with Gasteiger partial charge in [-0.1, -0.05) is 53.5 Å². The topological polar surface area (TPSA) is 66.0 Å². The van der Waals surface area contributed by atoms with Crippen LogP contribution in [0.25, 0.3) is 11.0 Å². The largest absolute Gasteiger partial charge is 0.481 e. The first-order valence-electron chi connectivity index (χ1n) is 7.13. The summed E-state index contributed by atoms with van der Waals surface area (Å²) in [6.07, 6.45) is 0.544. The van der Waals surface area contributed by atoms with E-state index >= 15 is 0 Å². The molecule has 0 aliphatic carbocycles. The van der Waals surface area contributed by atoms with Gasteiger partial charge in [-0.3, -0.25) is 4.79 Å². The number of halogens is 2. The zero-order chi connectivity index (χ0) is 16.4. The van der Waals surface area contributed by atoms with E-state index in [9.17, 15) is 9.90 Å². The third kappa shape index (κ3) is 3.66. The summed E-state index contributed by atoms with van der Waals surface area (Å²) in [5.74, 6) is -0.269. The standard InChI is InChI=1S/C17H14Cl2N2O2/c18-12-8-14-15(9-13(12)19)21-16(20-14)6-11(7-17(22)23)10-4-2-1-3-5-10/h1-5,8-9,11H,6-7H2,(H,20,21)(H,22,23). The number of rotatable bonds is 5. The molecule has 0 saturated heterocycles. The van der Waals surface area contributed by atoms with Crippen LogP contribution in [0, 0.1) is 0 Å². The average molecular weight is 349 g/mol. The third-order valence-electron chi connectivity index (χ3n) is 3.70. The minimum atomic E-state index is -0.832. The Bertz CT molecular complexity index is 807. The molecule has 1 heterocycles. The van der Waals surface area contributed by atoms with Gasteiger partial charge in [-0.2, -0.15) is 0 Å². The maximum Gasteiger partial charge on any atom is 0.303 e. The van der Waals surface area contributed by atoms with Crippen LogP contribution in [-0.2, 0) is 11.2 Å². The van der Waals surface area contributed by atoms with Gasteiger partial charge in [0.15, 0.2) is 0 Å². The highest BCUT2D eigenvalue weighted by Crippen LogP contribution is 2.28. The summed E-state index contributed by atoms with van der Waals surface area (Å²) in [6, 6.07) is 13.0. The predicted octanol–water partition coefficient (Wildman–Crippen LogP) is 4.67. The lowest BCUT2D eigenvalue weighted by Crippen LogP contribution is -2.10. The van der Waals surface area contributed by atoms with Crippen molar-refractivity contribution in [1.29, 1.82) is 0 Å². The molecule has 0 spiro atoms. The average Bonchev–Trinajstić information content (AvgIpc) is 2.89. The van der Waals surface area contributed by atoms with Gasteiger partial charge in [-0.15, -0.1) is 0 Å². The second-order valence-electron chi connectivity index (χ2n) is 5.38. The Morgan fingerprint density at radius 1 is 1.17 bits per heavy atom. The van der Waals surface area contributed by atoms with Crippen LogP contribution in [0.1, 0.15) is 23.7 Å². The fourth-order valence-electron chi connectivity index (χ4n) is 2.63. The van der Waals surface area contributed by atoms with Gasteiger partial charge in [0.1, 0.15) is 5.82 Å². The number of carboxylic acid groups (broad SMARTS) is 1. The summed E-state index contributed by atoms with van der Waals surface area (Å²) in [6.45, 7) is 0. The van der Waals surface area contributed by atoms with Crippen LogP contribution in [0.15, 0.2) is 42.5 Å². The molecule has 2 aromatic carbocycles. The number of aromatic amines is 1. The lowest BCUT2D eigenvalue weighted by atomic mass is 9.92. The first kappa shape index (κ1) is 15.8. The lowest BCUT2D eigenvalue weighted by molar-refractivity contribution is -0.137. The molecule has 0 amide bonds. The Hall–Kier alpha value is -2.04. The number of imidazole rings is 1. The molecule has 0 bridgehead atoms. The number of hydrogen-bond acceptors (Lipinski definition) is 2. The fraction of sp³-hybridized carbons (Fsp3) is 0.176. The lowest BCUT2D eigenvalue weighted by Gasteiger charge is -2.13. The number of carbonyl (C=O) groups is 1. The molecule has 0 saturated carbocycles. The molecule has 0 radical (unpaired) electrons. The Morgan fingerprint density at radius 2 is 1.87 bits per heavy atom. The van der Waals surface area contributed by atoms with Crippen molar-refractivity contribution in [3.8, 4) is 0 Å². The number of hydrogen-bond donors (Lipinski definition) is 2. The molecule has 1 unspecified atom stereocenters. The van der Waals surface area contributed by atoms with E-state index in [0.717, 1.165) is 16.6 Å². The zero-order valence-corrected chi connectivity index (χ0v) is 13.6. The van der Waals surface area contributed by atoms with E-state index in [-0.39, 0.29) is 12.3 Å². The van der Waals surface area contributed by atoms with E-state index < -0.39 is 5.97 Å². The molecule has 4 nitrogen and oxygen atoms in total. The first-order chi connectivity index (χ1) is 11.0. The number of nitrogens with zero attached hydrogens (tertiary/aromatic N) is 1. The number of nitrogens with one attached hydrogen (secondary N) is 1. The molecule has 2 N–H and O–H groups in total. The molecule has 23 heavy (non-hydrogen) atoms. The van der Waals surface area contributed by atoms with Gasteiger partial charge < -0.3 is 10.1 Å². The van der Waals surface area contributed by atoms with Crippen LogP contribution in [0.2, 0.25) is 10.0 Å². The molecule has 6 heteroatoms. The Labute approximate surface area is 143 Å². The van der Waals surface area contributed by atoms with Crippen molar-refractivity contribution < 1.29 is 9.90 Å². The van der Waals surface area contributed by atoms with Crippen LogP contribution in [0.4, 0.5) is 0 Å². The van der Waals surface area contributed by atoms with Crippen molar-refractivity contribution in [2.24, 2.45) is 0 Å². The molecule has 1 atom stereocenters. The predicted molar refractivity (Wildman–Crippen MR) is 91.3 cm³/mol. The molecular weight excluding hydrogens is 335 g/mol. The van der Waals surface area contributed by atoms with Gasteiger partial charge in [-0.25, -0.2) is 4.98 Å². The molecular formula is C17H14Cl2N2O2. The monoisotopic (exact) mass is 348 g/mol. The van der Waals surface area contributed by atoms with Crippen LogP contribution < -0.4 is 0 Å². The summed E-state index contributed by atoms with van der Waals surface area (Å²) < 4.78 is 0. The number of benzene rings is 2. The quantitative estimate of drug-likeness (QED) is 0.703. The summed E-state index contributed by atoms with van der Waals surface area (Å²) in [5.41, 5.74) is 2.49. The van der Waals surface area contributed by atoms with Crippen molar-refractivity contribution in [2.45, 2.75) is 18.8 Å². The molecule has 0 aliphatic heterocycles. The van der Waals surface area contributed by atoms with E-state index in [1.807, 2.05) is 30.3 Å². The minimum Gasteiger partial charge on any atom is -0.481 e. The second kappa shape index (κ2) is 6.60.